The Morgan fingerprint density at radius 2 is 1.73 bits per heavy atom. The number of anilines is 1. The number of carbonyl (C=O) groups excluding carboxylic acids is 2. The number of benzene rings is 2. The van der Waals surface area contributed by atoms with Crippen LogP contribution in [0, 0.1) is 0 Å². The molecular formula is C23H21Cl4F3N4O3. The summed E-state index contributed by atoms with van der Waals surface area (Å²) in [4.78, 5) is 27.2. The lowest BCUT2D eigenvalue weighted by Gasteiger charge is -2.29. The number of ether oxygens (including phenoxy) is 1. The SMILES string of the molecule is CCCN(C(=O)OCC(Cl)(Cl)Cl)C1CN(C(=O)Nc2ccc(C(F)(F)F)cc2)N=C1c1ccc(Cl)cc1. The van der Waals surface area contributed by atoms with Gasteiger partial charge in [0.1, 0.15) is 6.61 Å². The quantitative estimate of drug-likeness (QED) is 0.357. The fraction of sp³-hybridized carbons (Fsp3) is 0.348. The summed E-state index contributed by atoms with van der Waals surface area (Å²) in [7, 11) is 0. The molecule has 0 aliphatic carbocycles. The fourth-order valence-corrected chi connectivity index (χ4v) is 3.80. The van der Waals surface area contributed by atoms with Gasteiger partial charge in [0, 0.05) is 22.8 Å². The molecule has 3 amide bonds. The molecule has 1 aliphatic heterocycles. The molecule has 14 heteroatoms. The summed E-state index contributed by atoms with van der Waals surface area (Å²) in [5.74, 6) is 0. The molecule has 0 bridgehead atoms. The first-order valence-electron chi connectivity index (χ1n) is 10.9. The molecular weight excluding hydrogens is 579 g/mol. The maximum absolute atomic E-state index is 13.0. The number of amides is 3. The van der Waals surface area contributed by atoms with Crippen molar-refractivity contribution < 1.29 is 27.5 Å². The molecule has 0 spiro atoms. The molecule has 1 aliphatic rings. The highest BCUT2D eigenvalue weighted by Crippen LogP contribution is 2.30. The Morgan fingerprint density at radius 1 is 1.11 bits per heavy atom. The fourth-order valence-electron chi connectivity index (χ4n) is 3.51. The van der Waals surface area contributed by atoms with Gasteiger partial charge in [-0.3, -0.25) is 4.90 Å². The van der Waals surface area contributed by atoms with Crippen LogP contribution in [0.4, 0.5) is 28.4 Å². The second-order valence-corrected chi connectivity index (χ2v) is 10.9. The number of nitrogens with one attached hydrogen (secondary N) is 1. The van der Waals surface area contributed by atoms with Gasteiger partial charge < -0.3 is 10.1 Å². The molecule has 1 heterocycles. The van der Waals surface area contributed by atoms with Crippen LogP contribution in [0.25, 0.3) is 0 Å². The van der Waals surface area contributed by atoms with Gasteiger partial charge in [0.25, 0.3) is 0 Å². The molecule has 2 aromatic carbocycles. The van der Waals surface area contributed by atoms with Gasteiger partial charge in [-0.1, -0.05) is 65.5 Å². The van der Waals surface area contributed by atoms with Gasteiger partial charge in [0.2, 0.25) is 3.79 Å². The monoisotopic (exact) mass is 598 g/mol. The molecule has 1 atom stereocenters. The highest BCUT2D eigenvalue weighted by molar-refractivity contribution is 6.67. The van der Waals surface area contributed by atoms with E-state index in [4.69, 9.17) is 51.1 Å². The van der Waals surface area contributed by atoms with E-state index in [2.05, 4.69) is 10.4 Å². The molecule has 2 aromatic rings. The van der Waals surface area contributed by atoms with E-state index in [-0.39, 0.29) is 18.8 Å². The van der Waals surface area contributed by atoms with Crippen molar-refractivity contribution in [1.82, 2.24) is 9.91 Å². The van der Waals surface area contributed by atoms with Crippen LogP contribution in [0.5, 0.6) is 0 Å². The standard InChI is InChI=1S/C23H21Cl4F3N4O3/c1-2-11-33(21(36)37-13-22(25,26)27)18-12-34(32-19(18)14-3-7-16(24)8-4-14)20(35)31-17-9-5-15(6-10-17)23(28,29)30/h3-10,18H,2,11-13H2,1H3,(H,31,35). The van der Waals surface area contributed by atoms with E-state index in [9.17, 15) is 22.8 Å². The molecule has 7 nitrogen and oxygen atoms in total. The number of halogens is 7. The van der Waals surface area contributed by atoms with Gasteiger partial charge in [-0.15, -0.1) is 0 Å². The van der Waals surface area contributed by atoms with Gasteiger partial charge in [-0.05, 0) is 42.8 Å². The van der Waals surface area contributed by atoms with Crippen molar-refractivity contribution in [3.8, 4) is 0 Å². The van der Waals surface area contributed by atoms with Crippen molar-refractivity contribution in [3.63, 3.8) is 0 Å². The number of urea groups is 1. The van der Waals surface area contributed by atoms with Crippen LogP contribution in [0.1, 0.15) is 24.5 Å². The van der Waals surface area contributed by atoms with Crippen LogP contribution in [0.3, 0.4) is 0 Å². The Kier molecular flexibility index (Phi) is 9.44. The third-order valence-electron chi connectivity index (χ3n) is 5.16. The minimum Gasteiger partial charge on any atom is -0.445 e. The third-order valence-corrected chi connectivity index (χ3v) is 5.74. The molecule has 200 valence electrons. The number of carbonyl (C=O) groups is 2. The van der Waals surface area contributed by atoms with E-state index in [0.29, 0.717) is 22.7 Å². The second-order valence-electron chi connectivity index (χ2n) is 7.96. The average molecular weight is 600 g/mol. The normalized spacial score (nSPS) is 15.8. The predicted molar refractivity (Wildman–Crippen MR) is 138 cm³/mol. The summed E-state index contributed by atoms with van der Waals surface area (Å²) in [6, 6.07) is 9.17. The smallest absolute Gasteiger partial charge is 0.416 e. The maximum Gasteiger partial charge on any atom is 0.416 e. The number of hydrazone groups is 1. The molecule has 0 radical (unpaired) electrons. The lowest BCUT2D eigenvalue weighted by Crippen LogP contribution is -2.48. The van der Waals surface area contributed by atoms with Crippen LogP contribution in [-0.4, -0.2) is 57.3 Å². The topological polar surface area (TPSA) is 74.2 Å². The van der Waals surface area contributed by atoms with Gasteiger partial charge in [0.05, 0.1) is 23.9 Å². The first kappa shape index (κ1) is 29.2. The largest absolute Gasteiger partial charge is 0.445 e. The molecule has 37 heavy (non-hydrogen) atoms. The van der Waals surface area contributed by atoms with E-state index >= 15 is 0 Å². The molecule has 0 saturated carbocycles. The van der Waals surface area contributed by atoms with Crippen molar-refractivity contribution in [2.24, 2.45) is 5.10 Å². The Morgan fingerprint density at radius 3 is 2.27 bits per heavy atom. The molecule has 0 aromatic heterocycles. The van der Waals surface area contributed by atoms with E-state index in [1.54, 1.807) is 24.3 Å². The van der Waals surface area contributed by atoms with E-state index in [1.165, 1.54) is 4.90 Å². The maximum atomic E-state index is 13.0. The van der Waals surface area contributed by atoms with Crippen molar-refractivity contribution in [2.75, 3.05) is 25.0 Å². The molecule has 1 unspecified atom stereocenters. The van der Waals surface area contributed by atoms with Crippen LogP contribution in [0.15, 0.2) is 53.6 Å². The first-order chi connectivity index (χ1) is 17.3. The zero-order chi connectivity index (χ0) is 27.4. The lowest BCUT2D eigenvalue weighted by molar-refractivity contribution is -0.137. The predicted octanol–water partition coefficient (Wildman–Crippen LogP) is 7.20. The number of nitrogens with zero attached hydrogens (tertiary/aromatic N) is 3. The van der Waals surface area contributed by atoms with Crippen LogP contribution in [0.2, 0.25) is 5.02 Å². The minimum atomic E-state index is -4.50. The van der Waals surface area contributed by atoms with Gasteiger partial charge in [-0.2, -0.15) is 18.3 Å². The highest BCUT2D eigenvalue weighted by Gasteiger charge is 2.39. The zero-order valence-corrected chi connectivity index (χ0v) is 22.3. The van der Waals surface area contributed by atoms with E-state index < -0.39 is 40.3 Å². The first-order valence-corrected chi connectivity index (χ1v) is 12.4. The van der Waals surface area contributed by atoms with Gasteiger partial charge >= 0.3 is 18.3 Å². The van der Waals surface area contributed by atoms with Crippen LogP contribution < -0.4 is 5.32 Å². The molecule has 0 saturated heterocycles. The lowest BCUT2D eigenvalue weighted by atomic mass is 10.0. The Bertz CT molecular complexity index is 1140. The Balaban J connectivity index is 1.86. The van der Waals surface area contributed by atoms with Crippen molar-refractivity contribution >= 4 is 69.9 Å². The number of hydrogen-bond acceptors (Lipinski definition) is 4. The Hall–Kier alpha value is -2.40. The van der Waals surface area contributed by atoms with Crippen LogP contribution >= 0.6 is 46.4 Å². The highest BCUT2D eigenvalue weighted by atomic mass is 35.6. The van der Waals surface area contributed by atoms with Gasteiger partial charge in [0.15, 0.2) is 0 Å². The van der Waals surface area contributed by atoms with Gasteiger partial charge in [-0.25, -0.2) is 14.6 Å². The van der Waals surface area contributed by atoms with Crippen molar-refractivity contribution in [3.05, 3.63) is 64.7 Å². The number of hydrogen-bond donors (Lipinski definition) is 1. The minimum absolute atomic E-state index is 0.0622. The Labute approximate surface area is 231 Å². The molecule has 0 fully saturated rings. The summed E-state index contributed by atoms with van der Waals surface area (Å²) in [5.41, 5.74) is 0.253. The number of rotatable bonds is 6. The second kappa shape index (κ2) is 12.0. The zero-order valence-electron chi connectivity index (χ0n) is 19.2. The average Bonchev–Trinajstić information content (AvgIpc) is 3.26. The van der Waals surface area contributed by atoms with E-state index in [0.717, 1.165) is 29.3 Å². The summed E-state index contributed by atoms with van der Waals surface area (Å²) in [6.07, 6.45) is -4.73. The molecule has 3 rings (SSSR count). The molecule has 1 N–H and O–H groups in total. The van der Waals surface area contributed by atoms with Crippen LogP contribution in [-0.2, 0) is 10.9 Å². The van der Waals surface area contributed by atoms with E-state index in [1.807, 2.05) is 6.92 Å². The van der Waals surface area contributed by atoms with Crippen molar-refractivity contribution in [1.29, 1.82) is 0 Å². The summed E-state index contributed by atoms with van der Waals surface area (Å²) >= 11 is 23.1. The summed E-state index contributed by atoms with van der Waals surface area (Å²) in [6.45, 7) is 1.53. The summed E-state index contributed by atoms with van der Waals surface area (Å²) in [5, 5.41) is 8.47. The number of alkyl halides is 6. The summed E-state index contributed by atoms with van der Waals surface area (Å²) < 4.78 is 41.9. The van der Waals surface area contributed by atoms with Crippen molar-refractivity contribution in [2.45, 2.75) is 29.4 Å². The third kappa shape index (κ3) is 8.04.